The largest absolute Gasteiger partial charge is 0.484 e. The van der Waals surface area contributed by atoms with Crippen LogP contribution in [0, 0.1) is 0 Å². The zero-order valence-corrected chi connectivity index (χ0v) is 25.5. The van der Waals surface area contributed by atoms with Crippen molar-refractivity contribution >= 4 is 45.9 Å². The third kappa shape index (κ3) is 7.52. The molecule has 0 unspecified atom stereocenters. The highest BCUT2D eigenvalue weighted by molar-refractivity contribution is 7.99. The van der Waals surface area contributed by atoms with Crippen LogP contribution < -0.4 is 15.4 Å². The number of nitrogens with one attached hydrogen (secondary N) is 2. The van der Waals surface area contributed by atoms with E-state index in [9.17, 15) is 14.4 Å². The molecule has 2 aliphatic carbocycles. The number of fused-ring (bicyclic) bond motifs is 1. The number of carbonyl (C=O) groups is 3. The lowest BCUT2D eigenvalue weighted by Crippen LogP contribution is -2.30. The summed E-state index contributed by atoms with van der Waals surface area (Å²) in [5.41, 5.74) is 1.53. The fourth-order valence-electron chi connectivity index (χ4n) is 5.49. The number of carbonyl (C=O) groups excluding carboxylic acids is 3. The smallest absolute Gasteiger partial charge is 0.341 e. The molecule has 10 nitrogen and oxygen atoms in total. The quantitative estimate of drug-likeness (QED) is 0.208. The predicted octanol–water partition coefficient (Wildman–Crippen LogP) is 5.33. The van der Waals surface area contributed by atoms with Gasteiger partial charge in [-0.3, -0.25) is 9.59 Å². The molecule has 5 rings (SSSR count). The normalized spacial score (nSPS) is 15.1. The number of esters is 1. The van der Waals surface area contributed by atoms with E-state index in [1.54, 1.807) is 19.1 Å². The number of nitrogens with zero attached hydrogens (tertiary/aromatic N) is 3. The minimum atomic E-state index is -0.377. The van der Waals surface area contributed by atoms with E-state index in [1.807, 2.05) is 18.2 Å². The lowest BCUT2D eigenvalue weighted by Gasteiger charge is -2.25. The first-order valence-corrected chi connectivity index (χ1v) is 16.5. The highest BCUT2D eigenvalue weighted by atomic mass is 32.2. The number of rotatable bonds is 12. The molecule has 12 heteroatoms. The van der Waals surface area contributed by atoms with Crippen LogP contribution in [0.2, 0.25) is 0 Å². The number of amides is 2. The van der Waals surface area contributed by atoms with Crippen LogP contribution >= 0.6 is 23.1 Å². The average molecular weight is 612 g/mol. The Kier molecular flexibility index (Phi) is 10.5. The van der Waals surface area contributed by atoms with Crippen LogP contribution in [0.5, 0.6) is 5.75 Å². The van der Waals surface area contributed by atoms with Crippen molar-refractivity contribution in [1.82, 2.24) is 20.1 Å². The van der Waals surface area contributed by atoms with Crippen molar-refractivity contribution in [3.63, 3.8) is 0 Å². The molecular formula is C30H37N5O5S2. The number of benzene rings is 1. The number of ether oxygens (including phenoxy) is 2. The molecule has 0 saturated heterocycles. The average Bonchev–Trinajstić information content (AvgIpc) is 3.59. The van der Waals surface area contributed by atoms with Gasteiger partial charge in [0.25, 0.3) is 5.91 Å². The van der Waals surface area contributed by atoms with Gasteiger partial charge >= 0.3 is 5.97 Å². The van der Waals surface area contributed by atoms with Crippen LogP contribution in [0.15, 0.2) is 35.5 Å². The number of anilines is 1. The van der Waals surface area contributed by atoms with Crippen LogP contribution in [-0.2, 0) is 33.7 Å². The summed E-state index contributed by atoms with van der Waals surface area (Å²) < 4.78 is 13.0. The summed E-state index contributed by atoms with van der Waals surface area (Å²) in [6, 6.07) is 9.42. The third-order valence-corrected chi connectivity index (χ3v) is 9.62. The first kappa shape index (κ1) is 30.1. The minimum Gasteiger partial charge on any atom is -0.484 e. The molecule has 42 heavy (non-hydrogen) atoms. The molecule has 0 atom stereocenters. The second kappa shape index (κ2) is 14.7. The molecule has 1 fully saturated rings. The summed E-state index contributed by atoms with van der Waals surface area (Å²) in [6.45, 7) is 2.19. The van der Waals surface area contributed by atoms with Crippen LogP contribution in [0.25, 0.3) is 0 Å². The number of para-hydroxylation sites is 1. The van der Waals surface area contributed by atoms with Crippen molar-refractivity contribution < 1.29 is 23.9 Å². The van der Waals surface area contributed by atoms with Gasteiger partial charge in [0.1, 0.15) is 10.8 Å². The molecule has 0 spiro atoms. The van der Waals surface area contributed by atoms with Gasteiger partial charge in [-0.25, -0.2) is 4.79 Å². The zero-order valence-electron chi connectivity index (χ0n) is 23.9. The Morgan fingerprint density at radius 3 is 2.60 bits per heavy atom. The van der Waals surface area contributed by atoms with Gasteiger partial charge in [-0.1, -0.05) is 49.2 Å². The van der Waals surface area contributed by atoms with Crippen molar-refractivity contribution in [2.24, 2.45) is 0 Å². The van der Waals surface area contributed by atoms with Crippen molar-refractivity contribution in [1.29, 1.82) is 0 Å². The van der Waals surface area contributed by atoms with Crippen molar-refractivity contribution in [3.05, 3.63) is 52.2 Å². The minimum absolute atomic E-state index is 0.0940. The van der Waals surface area contributed by atoms with Gasteiger partial charge in [0, 0.05) is 10.9 Å². The van der Waals surface area contributed by atoms with Gasteiger partial charge < -0.3 is 24.7 Å². The molecular weight excluding hydrogens is 574 g/mol. The first-order chi connectivity index (χ1) is 20.5. The van der Waals surface area contributed by atoms with Crippen LogP contribution in [-0.4, -0.2) is 51.5 Å². The first-order valence-electron chi connectivity index (χ1n) is 14.7. The molecule has 3 aromatic rings. The van der Waals surface area contributed by atoms with Crippen molar-refractivity contribution in [2.75, 3.05) is 24.3 Å². The van der Waals surface area contributed by atoms with E-state index in [0.717, 1.165) is 61.8 Å². The summed E-state index contributed by atoms with van der Waals surface area (Å²) in [6.07, 6.45) is 9.27. The maximum atomic E-state index is 13.1. The molecule has 0 aliphatic heterocycles. The topological polar surface area (TPSA) is 124 Å². The molecule has 2 aromatic heterocycles. The Morgan fingerprint density at radius 1 is 1.02 bits per heavy atom. The Morgan fingerprint density at radius 2 is 1.81 bits per heavy atom. The van der Waals surface area contributed by atoms with Gasteiger partial charge in [-0.05, 0) is 63.1 Å². The van der Waals surface area contributed by atoms with Crippen molar-refractivity contribution in [2.45, 2.75) is 82.5 Å². The summed E-state index contributed by atoms with van der Waals surface area (Å²) in [5, 5.41) is 15.9. The molecule has 1 saturated carbocycles. The number of thiophene rings is 1. The zero-order chi connectivity index (χ0) is 29.3. The Balaban J connectivity index is 1.23. The summed E-state index contributed by atoms with van der Waals surface area (Å²) in [7, 11) is 0. The molecule has 2 heterocycles. The SMILES string of the molecule is CCOC(=O)c1c(NC(=O)CSc2nnc(CNC(=O)COc3ccccc3)n2C2CCCCC2)sc2c1CCCC2. The van der Waals surface area contributed by atoms with Crippen molar-refractivity contribution in [3.8, 4) is 5.75 Å². The number of hydrogen-bond acceptors (Lipinski definition) is 9. The van der Waals surface area contributed by atoms with Gasteiger partial charge in [0.2, 0.25) is 5.91 Å². The molecule has 2 amide bonds. The number of hydrogen-bond donors (Lipinski definition) is 2. The van der Waals surface area contributed by atoms with E-state index in [0.29, 0.717) is 27.3 Å². The Hall–Kier alpha value is -3.38. The van der Waals surface area contributed by atoms with E-state index in [1.165, 1.54) is 29.5 Å². The molecule has 1 aromatic carbocycles. The lowest BCUT2D eigenvalue weighted by atomic mass is 9.95. The standard InChI is InChI=1S/C30H37N5O5S2/c1-2-39-29(38)27-22-15-9-10-16-23(22)42-28(27)32-26(37)19-41-30-34-33-24(35(30)20-11-5-3-6-12-20)17-31-25(36)18-40-21-13-7-4-8-14-21/h4,7-8,13-14,20H,2-3,5-6,9-12,15-19H2,1H3,(H,31,36)(H,32,37). The van der Waals surface area contributed by atoms with Gasteiger partial charge in [-0.2, -0.15) is 0 Å². The maximum Gasteiger partial charge on any atom is 0.341 e. The van der Waals surface area contributed by atoms with E-state index in [2.05, 4.69) is 25.4 Å². The van der Waals surface area contributed by atoms with Gasteiger partial charge in [-0.15, -0.1) is 21.5 Å². The van der Waals surface area contributed by atoms with Crippen LogP contribution in [0.1, 0.15) is 84.5 Å². The van der Waals surface area contributed by atoms with E-state index in [4.69, 9.17) is 9.47 Å². The number of aryl methyl sites for hydroxylation is 1. The highest BCUT2D eigenvalue weighted by Gasteiger charge is 2.28. The second-order valence-electron chi connectivity index (χ2n) is 10.4. The van der Waals surface area contributed by atoms with Crippen LogP contribution in [0.3, 0.4) is 0 Å². The number of aromatic nitrogens is 3. The van der Waals surface area contributed by atoms with E-state index < -0.39 is 0 Å². The molecule has 0 bridgehead atoms. The fourth-order valence-corrected chi connectivity index (χ4v) is 7.61. The van der Waals surface area contributed by atoms with E-state index >= 15 is 0 Å². The molecule has 2 aliphatic rings. The third-order valence-electron chi connectivity index (χ3n) is 7.47. The monoisotopic (exact) mass is 611 g/mol. The second-order valence-corrected chi connectivity index (χ2v) is 12.5. The molecule has 224 valence electrons. The maximum absolute atomic E-state index is 13.1. The van der Waals surface area contributed by atoms with Crippen LogP contribution in [0.4, 0.5) is 5.00 Å². The van der Waals surface area contributed by atoms with Gasteiger partial charge in [0.05, 0.1) is 24.5 Å². The summed E-state index contributed by atoms with van der Waals surface area (Å²) in [5.74, 6) is 0.572. The van der Waals surface area contributed by atoms with E-state index in [-0.39, 0.29) is 49.3 Å². The van der Waals surface area contributed by atoms with Gasteiger partial charge in [0.15, 0.2) is 17.6 Å². The predicted molar refractivity (Wildman–Crippen MR) is 162 cm³/mol. The highest BCUT2D eigenvalue weighted by Crippen LogP contribution is 2.39. The number of thioether (sulfide) groups is 1. The Labute approximate surface area is 254 Å². The lowest BCUT2D eigenvalue weighted by molar-refractivity contribution is -0.123. The summed E-state index contributed by atoms with van der Waals surface area (Å²) in [4.78, 5) is 39.5. The molecule has 2 N–H and O–H groups in total. The Bertz CT molecular complexity index is 1380. The fraction of sp³-hybridized carbons (Fsp3) is 0.500. The summed E-state index contributed by atoms with van der Waals surface area (Å²) >= 11 is 2.80. The molecule has 0 radical (unpaired) electrons.